The van der Waals surface area contributed by atoms with Crippen LogP contribution in [-0.2, 0) is 11.0 Å². The molecule has 1 aromatic rings. The highest BCUT2D eigenvalue weighted by atomic mass is 19.4. The quantitative estimate of drug-likeness (QED) is 0.799. The summed E-state index contributed by atoms with van der Waals surface area (Å²) in [6, 6.07) is -0.256. The van der Waals surface area contributed by atoms with Gasteiger partial charge in [-0.3, -0.25) is 4.79 Å². The maximum absolute atomic E-state index is 12.8. The summed E-state index contributed by atoms with van der Waals surface area (Å²) in [6.07, 6.45) is -0.866. The van der Waals surface area contributed by atoms with Crippen molar-refractivity contribution in [3.8, 4) is 0 Å². The summed E-state index contributed by atoms with van der Waals surface area (Å²) in [5.74, 6) is -0.814. The summed E-state index contributed by atoms with van der Waals surface area (Å²) in [5, 5.41) is 0. The average molecular weight is 303 g/mol. The highest BCUT2D eigenvalue weighted by Crippen LogP contribution is 2.33. The van der Waals surface area contributed by atoms with Crippen LogP contribution in [0.15, 0.2) is 12.4 Å². The van der Waals surface area contributed by atoms with Gasteiger partial charge in [-0.25, -0.2) is 4.98 Å². The molecular weight excluding hydrogens is 283 g/mol. The third-order valence-electron chi connectivity index (χ3n) is 3.71. The van der Waals surface area contributed by atoms with Crippen molar-refractivity contribution in [1.29, 1.82) is 0 Å². The Balaban J connectivity index is 2.06. The maximum Gasteiger partial charge on any atom is 0.449 e. The van der Waals surface area contributed by atoms with E-state index in [1.54, 1.807) is 4.90 Å². The number of piperidine rings is 1. The van der Waals surface area contributed by atoms with E-state index in [-0.39, 0.29) is 11.9 Å². The van der Waals surface area contributed by atoms with Crippen LogP contribution < -0.4 is 0 Å². The number of rotatable bonds is 1. The van der Waals surface area contributed by atoms with Crippen molar-refractivity contribution in [2.75, 3.05) is 13.1 Å². The standard InChI is InChI=1S/C14H20F3N3O/c1-13(2,3)12(21)19-7-4-10(5-8-19)20-9-6-18-11(20)14(15,16)17/h6,9-10H,4-5,7-8H2,1-3H3. The van der Waals surface area contributed by atoms with Gasteiger partial charge in [0.2, 0.25) is 11.7 Å². The molecule has 0 atom stereocenters. The Hall–Kier alpha value is -1.53. The zero-order chi connectivity index (χ0) is 15.8. The van der Waals surface area contributed by atoms with Gasteiger partial charge in [0, 0.05) is 36.9 Å². The van der Waals surface area contributed by atoms with Gasteiger partial charge in [0.15, 0.2) is 0 Å². The number of imidazole rings is 1. The molecule has 0 bridgehead atoms. The molecule has 2 rings (SSSR count). The fraction of sp³-hybridized carbons (Fsp3) is 0.714. The lowest BCUT2D eigenvalue weighted by Crippen LogP contribution is -2.44. The second-order valence-electron chi connectivity index (χ2n) is 6.43. The first-order chi connectivity index (χ1) is 9.60. The average Bonchev–Trinajstić information content (AvgIpc) is 2.86. The lowest BCUT2D eigenvalue weighted by atomic mass is 9.93. The van der Waals surface area contributed by atoms with Crippen LogP contribution in [0.1, 0.15) is 45.5 Å². The SMILES string of the molecule is CC(C)(C)C(=O)N1CCC(n2ccnc2C(F)(F)F)CC1. The summed E-state index contributed by atoms with van der Waals surface area (Å²) in [6.45, 7) is 6.50. The molecule has 1 aliphatic heterocycles. The summed E-state index contributed by atoms with van der Waals surface area (Å²) in [4.78, 5) is 17.3. The Bertz CT molecular complexity index is 508. The van der Waals surface area contributed by atoms with E-state index in [4.69, 9.17) is 0 Å². The zero-order valence-electron chi connectivity index (χ0n) is 12.4. The first-order valence-electron chi connectivity index (χ1n) is 7.00. The van der Waals surface area contributed by atoms with Crippen molar-refractivity contribution in [3.05, 3.63) is 18.2 Å². The van der Waals surface area contributed by atoms with Crippen LogP contribution in [0.25, 0.3) is 0 Å². The first-order valence-corrected chi connectivity index (χ1v) is 7.00. The Labute approximate surface area is 121 Å². The molecule has 0 aromatic carbocycles. The van der Waals surface area contributed by atoms with E-state index in [1.165, 1.54) is 17.0 Å². The number of aromatic nitrogens is 2. The predicted octanol–water partition coefficient (Wildman–Crippen LogP) is 3.11. The molecule has 0 radical (unpaired) electrons. The van der Waals surface area contributed by atoms with Gasteiger partial charge in [0.05, 0.1) is 0 Å². The first kappa shape index (κ1) is 15.9. The second kappa shape index (κ2) is 5.35. The Morgan fingerprint density at radius 1 is 1.24 bits per heavy atom. The molecule has 0 spiro atoms. The number of hydrogen-bond donors (Lipinski definition) is 0. The number of likely N-dealkylation sites (tertiary alicyclic amines) is 1. The monoisotopic (exact) mass is 303 g/mol. The van der Waals surface area contributed by atoms with Gasteiger partial charge in [0.1, 0.15) is 0 Å². The number of nitrogens with zero attached hydrogens (tertiary/aromatic N) is 3. The Morgan fingerprint density at radius 3 is 2.29 bits per heavy atom. The van der Waals surface area contributed by atoms with E-state index in [2.05, 4.69) is 4.98 Å². The molecule has 0 aliphatic carbocycles. The van der Waals surface area contributed by atoms with E-state index >= 15 is 0 Å². The Morgan fingerprint density at radius 2 is 1.81 bits per heavy atom. The maximum atomic E-state index is 12.8. The van der Waals surface area contributed by atoms with Gasteiger partial charge < -0.3 is 9.47 Å². The lowest BCUT2D eigenvalue weighted by Gasteiger charge is -2.36. The normalized spacial score (nSPS) is 18.1. The summed E-state index contributed by atoms with van der Waals surface area (Å²) in [7, 11) is 0. The van der Waals surface area contributed by atoms with Crippen molar-refractivity contribution in [3.63, 3.8) is 0 Å². The minimum atomic E-state index is -4.44. The van der Waals surface area contributed by atoms with Crippen molar-refractivity contribution in [2.24, 2.45) is 5.41 Å². The molecule has 7 heteroatoms. The van der Waals surface area contributed by atoms with Gasteiger partial charge in [-0.15, -0.1) is 0 Å². The van der Waals surface area contributed by atoms with Crippen LogP contribution in [0, 0.1) is 5.41 Å². The second-order valence-corrected chi connectivity index (χ2v) is 6.43. The van der Waals surface area contributed by atoms with Gasteiger partial charge in [-0.1, -0.05) is 20.8 Å². The molecule has 4 nitrogen and oxygen atoms in total. The molecular formula is C14H20F3N3O. The van der Waals surface area contributed by atoms with Crippen LogP contribution in [0.3, 0.4) is 0 Å². The molecule has 0 unspecified atom stereocenters. The third kappa shape index (κ3) is 3.39. The molecule has 2 heterocycles. The van der Waals surface area contributed by atoms with Crippen molar-refractivity contribution >= 4 is 5.91 Å². The summed E-state index contributed by atoms with van der Waals surface area (Å²) >= 11 is 0. The van der Waals surface area contributed by atoms with Gasteiger partial charge in [-0.05, 0) is 12.8 Å². The van der Waals surface area contributed by atoms with Crippen LogP contribution in [-0.4, -0.2) is 33.4 Å². The number of amides is 1. The smallest absolute Gasteiger partial charge is 0.342 e. The van der Waals surface area contributed by atoms with Gasteiger partial charge in [0.25, 0.3) is 0 Å². The van der Waals surface area contributed by atoms with E-state index < -0.39 is 17.4 Å². The Kier molecular flexibility index (Phi) is 4.04. The van der Waals surface area contributed by atoms with E-state index in [0.717, 1.165) is 0 Å². The minimum Gasteiger partial charge on any atom is -0.342 e. The van der Waals surface area contributed by atoms with Crippen LogP contribution in [0.5, 0.6) is 0 Å². The van der Waals surface area contributed by atoms with E-state index in [1.807, 2.05) is 20.8 Å². The van der Waals surface area contributed by atoms with Crippen molar-refractivity contribution < 1.29 is 18.0 Å². The number of hydrogen-bond acceptors (Lipinski definition) is 2. The largest absolute Gasteiger partial charge is 0.449 e. The highest BCUT2D eigenvalue weighted by molar-refractivity contribution is 5.81. The molecule has 1 amide bonds. The molecule has 1 aliphatic rings. The molecule has 21 heavy (non-hydrogen) atoms. The number of carbonyl (C=O) groups excluding carboxylic acids is 1. The summed E-state index contributed by atoms with van der Waals surface area (Å²) < 4.78 is 39.7. The lowest BCUT2D eigenvalue weighted by molar-refractivity contribution is -0.149. The molecule has 118 valence electrons. The van der Waals surface area contributed by atoms with Crippen LogP contribution in [0.4, 0.5) is 13.2 Å². The minimum absolute atomic E-state index is 0.0441. The predicted molar refractivity (Wildman–Crippen MR) is 71.5 cm³/mol. The fourth-order valence-electron chi connectivity index (χ4n) is 2.65. The van der Waals surface area contributed by atoms with Crippen molar-refractivity contribution in [2.45, 2.75) is 45.8 Å². The van der Waals surface area contributed by atoms with Gasteiger partial charge >= 0.3 is 6.18 Å². The number of alkyl halides is 3. The van der Waals surface area contributed by atoms with E-state index in [9.17, 15) is 18.0 Å². The summed E-state index contributed by atoms with van der Waals surface area (Å²) in [5.41, 5.74) is -0.459. The zero-order valence-corrected chi connectivity index (χ0v) is 12.4. The van der Waals surface area contributed by atoms with Crippen molar-refractivity contribution in [1.82, 2.24) is 14.5 Å². The molecule has 1 saturated heterocycles. The van der Waals surface area contributed by atoms with E-state index in [0.29, 0.717) is 25.9 Å². The third-order valence-corrected chi connectivity index (χ3v) is 3.71. The number of halogens is 3. The number of carbonyl (C=O) groups is 1. The molecule has 1 aromatic heterocycles. The molecule has 1 fully saturated rings. The highest BCUT2D eigenvalue weighted by Gasteiger charge is 2.38. The van der Waals surface area contributed by atoms with Crippen LogP contribution >= 0.6 is 0 Å². The molecule has 0 saturated carbocycles. The van der Waals surface area contributed by atoms with Crippen LogP contribution in [0.2, 0.25) is 0 Å². The fourth-order valence-corrected chi connectivity index (χ4v) is 2.65. The van der Waals surface area contributed by atoms with Gasteiger partial charge in [-0.2, -0.15) is 13.2 Å². The topological polar surface area (TPSA) is 38.1 Å². The molecule has 0 N–H and O–H groups in total.